The van der Waals surface area contributed by atoms with Crippen molar-refractivity contribution in [2.75, 3.05) is 5.32 Å². The smallest absolute Gasteiger partial charge is 0.193 e. The molecule has 0 unspecified atom stereocenters. The van der Waals surface area contributed by atoms with E-state index in [-0.39, 0.29) is 30.1 Å². The average molecular weight is 415 g/mol. The number of imidazole rings is 1. The molecule has 6 nitrogen and oxygen atoms in total. The van der Waals surface area contributed by atoms with Crippen LogP contribution in [0.3, 0.4) is 0 Å². The van der Waals surface area contributed by atoms with Gasteiger partial charge in [-0.15, -0.1) is 24.0 Å². The SMILES string of the molecule is CC(C)Oc1ccc(NC(N)=NCc2cncn2C)cc1.I. The maximum atomic E-state index is 5.87. The van der Waals surface area contributed by atoms with Crippen LogP contribution in [0.5, 0.6) is 5.75 Å². The van der Waals surface area contributed by atoms with Crippen LogP contribution in [0.1, 0.15) is 19.5 Å². The summed E-state index contributed by atoms with van der Waals surface area (Å²) < 4.78 is 7.50. The average Bonchev–Trinajstić information content (AvgIpc) is 2.84. The standard InChI is InChI=1S/C15H21N5O.HI/c1-11(2)21-14-6-4-12(5-7-14)19-15(16)18-9-13-8-17-10-20(13)3;/h4-8,10-11H,9H2,1-3H3,(H3,16,18,19);1H. The van der Waals surface area contributed by atoms with Crippen LogP contribution in [0.2, 0.25) is 0 Å². The number of nitrogens with zero attached hydrogens (tertiary/aromatic N) is 3. The summed E-state index contributed by atoms with van der Waals surface area (Å²) in [6.07, 6.45) is 3.67. The Balaban J connectivity index is 0.00000242. The molecule has 0 aliphatic rings. The van der Waals surface area contributed by atoms with Crippen LogP contribution >= 0.6 is 24.0 Å². The Morgan fingerprint density at radius 3 is 2.59 bits per heavy atom. The molecule has 3 N–H and O–H groups in total. The van der Waals surface area contributed by atoms with E-state index in [1.54, 1.807) is 12.5 Å². The van der Waals surface area contributed by atoms with E-state index in [9.17, 15) is 0 Å². The van der Waals surface area contributed by atoms with Crippen molar-refractivity contribution in [2.45, 2.75) is 26.5 Å². The number of anilines is 1. The third-order valence-corrected chi connectivity index (χ3v) is 2.83. The van der Waals surface area contributed by atoms with Crippen LogP contribution in [-0.4, -0.2) is 21.6 Å². The first kappa shape index (κ1) is 18.3. The van der Waals surface area contributed by atoms with Gasteiger partial charge in [-0.1, -0.05) is 0 Å². The Morgan fingerprint density at radius 2 is 2.05 bits per heavy atom. The van der Waals surface area contributed by atoms with Crippen LogP contribution in [0.25, 0.3) is 0 Å². The van der Waals surface area contributed by atoms with Gasteiger partial charge in [0.25, 0.3) is 0 Å². The van der Waals surface area contributed by atoms with Crippen molar-refractivity contribution in [1.29, 1.82) is 0 Å². The lowest BCUT2D eigenvalue weighted by Gasteiger charge is -2.11. The molecule has 0 bridgehead atoms. The molecular weight excluding hydrogens is 393 g/mol. The van der Waals surface area contributed by atoms with E-state index < -0.39 is 0 Å². The molecule has 0 fully saturated rings. The lowest BCUT2D eigenvalue weighted by atomic mass is 10.3. The topological polar surface area (TPSA) is 77.5 Å². The van der Waals surface area contributed by atoms with Gasteiger partial charge in [0, 0.05) is 12.7 Å². The molecule has 0 amide bonds. The molecule has 1 aromatic carbocycles. The summed E-state index contributed by atoms with van der Waals surface area (Å²) in [4.78, 5) is 8.32. The zero-order valence-electron chi connectivity index (χ0n) is 13.0. The number of hydrogen-bond acceptors (Lipinski definition) is 3. The first-order valence-electron chi connectivity index (χ1n) is 6.83. The van der Waals surface area contributed by atoms with Crippen molar-refractivity contribution in [3.05, 3.63) is 42.5 Å². The minimum absolute atomic E-state index is 0. The number of ether oxygens (including phenoxy) is 1. The Kier molecular flexibility index (Phi) is 7.16. The van der Waals surface area contributed by atoms with E-state index in [0.717, 1.165) is 17.1 Å². The van der Waals surface area contributed by atoms with Crippen molar-refractivity contribution in [3.8, 4) is 5.75 Å². The van der Waals surface area contributed by atoms with Gasteiger partial charge in [0.2, 0.25) is 0 Å². The van der Waals surface area contributed by atoms with Crippen molar-refractivity contribution < 1.29 is 4.74 Å². The Bertz CT molecular complexity index is 607. The first-order chi connectivity index (χ1) is 10.0. The third-order valence-electron chi connectivity index (χ3n) is 2.83. The van der Waals surface area contributed by atoms with Crippen molar-refractivity contribution in [1.82, 2.24) is 9.55 Å². The highest BCUT2D eigenvalue weighted by Crippen LogP contribution is 2.16. The zero-order valence-corrected chi connectivity index (χ0v) is 15.3. The molecule has 1 heterocycles. The number of aliphatic imine (C=N–C) groups is 1. The van der Waals surface area contributed by atoms with Crippen molar-refractivity contribution in [2.24, 2.45) is 17.8 Å². The Morgan fingerprint density at radius 1 is 1.36 bits per heavy atom. The highest BCUT2D eigenvalue weighted by molar-refractivity contribution is 14.0. The van der Waals surface area contributed by atoms with Crippen molar-refractivity contribution in [3.63, 3.8) is 0 Å². The molecule has 7 heteroatoms. The molecule has 0 aliphatic carbocycles. The summed E-state index contributed by atoms with van der Waals surface area (Å²) in [6.45, 7) is 4.48. The van der Waals surface area contributed by atoms with Crippen LogP contribution < -0.4 is 15.8 Å². The van der Waals surface area contributed by atoms with Gasteiger partial charge in [0.05, 0.1) is 30.9 Å². The second kappa shape index (κ2) is 8.62. The summed E-state index contributed by atoms with van der Waals surface area (Å²) in [5.74, 6) is 1.20. The molecule has 1 aromatic heterocycles. The predicted molar refractivity (Wildman–Crippen MR) is 99.8 cm³/mol. The second-order valence-corrected chi connectivity index (χ2v) is 5.01. The monoisotopic (exact) mass is 415 g/mol. The number of nitrogens with one attached hydrogen (secondary N) is 1. The van der Waals surface area contributed by atoms with Crippen LogP contribution in [0.4, 0.5) is 5.69 Å². The number of aryl methyl sites for hydroxylation is 1. The van der Waals surface area contributed by atoms with E-state index >= 15 is 0 Å². The van der Waals surface area contributed by atoms with Gasteiger partial charge in [0.15, 0.2) is 5.96 Å². The molecule has 2 aromatic rings. The first-order valence-corrected chi connectivity index (χ1v) is 6.83. The Labute approximate surface area is 147 Å². The fraction of sp³-hybridized carbons (Fsp3) is 0.333. The van der Waals surface area contributed by atoms with E-state index in [2.05, 4.69) is 15.3 Å². The number of rotatable bonds is 5. The molecule has 0 spiro atoms. The molecule has 22 heavy (non-hydrogen) atoms. The van der Waals surface area contributed by atoms with E-state index in [1.807, 2.05) is 49.7 Å². The molecule has 0 saturated carbocycles. The second-order valence-electron chi connectivity index (χ2n) is 5.01. The largest absolute Gasteiger partial charge is 0.491 e. The van der Waals surface area contributed by atoms with Crippen LogP contribution in [-0.2, 0) is 13.6 Å². The molecule has 0 saturated heterocycles. The van der Waals surface area contributed by atoms with Gasteiger partial charge in [-0.3, -0.25) is 0 Å². The fourth-order valence-corrected chi connectivity index (χ4v) is 1.78. The summed E-state index contributed by atoms with van der Waals surface area (Å²) >= 11 is 0. The highest BCUT2D eigenvalue weighted by Gasteiger charge is 2.00. The minimum Gasteiger partial charge on any atom is -0.491 e. The molecular formula is C15H22IN5O. The van der Waals surface area contributed by atoms with Gasteiger partial charge in [-0.2, -0.15) is 0 Å². The summed E-state index contributed by atoms with van der Waals surface area (Å²) in [5, 5.41) is 3.05. The molecule has 0 atom stereocenters. The molecule has 2 rings (SSSR count). The minimum atomic E-state index is 0. The molecule has 120 valence electrons. The predicted octanol–water partition coefficient (Wildman–Crippen LogP) is 2.75. The van der Waals surface area contributed by atoms with Gasteiger partial charge in [0.1, 0.15) is 5.75 Å². The zero-order chi connectivity index (χ0) is 15.2. The quantitative estimate of drug-likeness (QED) is 0.447. The molecule has 0 aliphatic heterocycles. The maximum Gasteiger partial charge on any atom is 0.193 e. The van der Waals surface area contributed by atoms with Crippen LogP contribution in [0, 0.1) is 0 Å². The number of benzene rings is 1. The fourth-order valence-electron chi connectivity index (χ4n) is 1.78. The summed E-state index contributed by atoms with van der Waals surface area (Å²) in [6, 6.07) is 7.61. The van der Waals surface area contributed by atoms with Crippen molar-refractivity contribution >= 4 is 35.6 Å². The van der Waals surface area contributed by atoms with Gasteiger partial charge in [-0.05, 0) is 38.1 Å². The number of aromatic nitrogens is 2. The lowest BCUT2D eigenvalue weighted by molar-refractivity contribution is 0.242. The van der Waals surface area contributed by atoms with E-state index in [1.165, 1.54) is 0 Å². The maximum absolute atomic E-state index is 5.87. The summed E-state index contributed by atoms with van der Waals surface area (Å²) in [7, 11) is 1.93. The number of hydrogen-bond donors (Lipinski definition) is 2. The van der Waals surface area contributed by atoms with Crippen LogP contribution in [0.15, 0.2) is 41.8 Å². The van der Waals surface area contributed by atoms with Gasteiger partial charge >= 0.3 is 0 Å². The number of guanidine groups is 1. The highest BCUT2D eigenvalue weighted by atomic mass is 127. The Hall–Kier alpha value is -1.77. The van der Waals surface area contributed by atoms with E-state index in [4.69, 9.17) is 10.5 Å². The van der Waals surface area contributed by atoms with Gasteiger partial charge < -0.3 is 20.4 Å². The van der Waals surface area contributed by atoms with E-state index in [0.29, 0.717) is 12.5 Å². The molecule has 0 radical (unpaired) electrons. The number of nitrogens with two attached hydrogens (primary N) is 1. The lowest BCUT2D eigenvalue weighted by Crippen LogP contribution is -2.22. The van der Waals surface area contributed by atoms with Gasteiger partial charge in [-0.25, -0.2) is 9.98 Å². The normalized spacial score (nSPS) is 11.2. The third kappa shape index (κ3) is 5.55. The number of halogens is 1. The summed E-state index contributed by atoms with van der Waals surface area (Å²) in [5.41, 5.74) is 7.74.